The fourth-order valence-corrected chi connectivity index (χ4v) is 4.95. The van der Waals surface area contributed by atoms with E-state index in [0.717, 1.165) is 0 Å². The van der Waals surface area contributed by atoms with Crippen LogP contribution in [0.1, 0.15) is 55.4 Å². The zero-order chi connectivity index (χ0) is 23.3. The molecule has 1 saturated heterocycles. The van der Waals surface area contributed by atoms with Gasteiger partial charge in [0, 0.05) is 18.4 Å². The number of rotatable bonds is 5. The monoisotopic (exact) mass is 443 g/mol. The molecule has 30 heavy (non-hydrogen) atoms. The summed E-state index contributed by atoms with van der Waals surface area (Å²) in [5.41, 5.74) is -1.42. The molecule has 1 aliphatic carbocycles. The van der Waals surface area contributed by atoms with Crippen molar-refractivity contribution in [2.75, 3.05) is 20.3 Å². The summed E-state index contributed by atoms with van der Waals surface area (Å²) in [6.45, 7) is 21.1. The maximum atomic E-state index is 13.0. The molecule has 0 spiro atoms. The molecule has 0 radical (unpaired) electrons. The van der Waals surface area contributed by atoms with Gasteiger partial charge in [-0.2, -0.15) is 0 Å². The summed E-state index contributed by atoms with van der Waals surface area (Å²) >= 11 is 0. The maximum Gasteiger partial charge on any atom is 0.412 e. The van der Waals surface area contributed by atoms with Crippen molar-refractivity contribution in [1.82, 2.24) is 4.90 Å². The van der Waals surface area contributed by atoms with Crippen LogP contribution < -0.4 is 0 Å². The highest BCUT2D eigenvalue weighted by molar-refractivity contribution is 6.74. The molecule has 0 aromatic heterocycles. The number of methoxy groups -OCH3 is 1. The number of nitrogens with zero attached hydrogens (tertiary/aromatic N) is 1. The van der Waals surface area contributed by atoms with E-state index in [-0.39, 0.29) is 34.8 Å². The molecule has 1 saturated carbocycles. The Labute approximate surface area is 182 Å². The molecule has 4 atom stereocenters. The van der Waals surface area contributed by atoms with Crippen molar-refractivity contribution in [2.24, 2.45) is 17.8 Å². The standard InChI is InChI=1S/C22H41NO6Si/c1-20(2,3)29-19(25)23-15(13-27-22(23,7)8)16-14(17(16)18(24)26-9)12-28-30(10,11)21(4,5)6/h14-17H,12-13H2,1-11H3. The van der Waals surface area contributed by atoms with E-state index in [1.807, 2.05) is 34.6 Å². The summed E-state index contributed by atoms with van der Waals surface area (Å²) in [6.07, 6.45) is -0.422. The quantitative estimate of drug-likeness (QED) is 0.463. The van der Waals surface area contributed by atoms with E-state index in [2.05, 4.69) is 33.9 Å². The number of ether oxygens (including phenoxy) is 3. The van der Waals surface area contributed by atoms with Crippen molar-refractivity contribution in [2.45, 2.75) is 90.9 Å². The summed E-state index contributed by atoms with van der Waals surface area (Å²) in [4.78, 5) is 27.2. The van der Waals surface area contributed by atoms with Crippen molar-refractivity contribution in [1.29, 1.82) is 0 Å². The lowest BCUT2D eigenvalue weighted by molar-refractivity contribution is -0.143. The SMILES string of the molecule is COC(=O)C1C(CO[Si](C)(C)C(C)(C)C)C1C1COC(C)(C)N1C(=O)OC(C)(C)C. The second kappa shape index (κ2) is 8.09. The average Bonchev–Trinajstić information content (AvgIpc) is 3.18. The van der Waals surface area contributed by atoms with Crippen LogP contribution in [0, 0.1) is 17.8 Å². The lowest BCUT2D eigenvalue weighted by Gasteiger charge is -2.36. The van der Waals surface area contributed by atoms with Gasteiger partial charge in [-0.05, 0) is 52.8 Å². The number of hydrogen-bond acceptors (Lipinski definition) is 6. The van der Waals surface area contributed by atoms with E-state index in [1.165, 1.54) is 7.11 Å². The molecular weight excluding hydrogens is 402 g/mol. The molecule has 0 N–H and O–H groups in total. The summed E-state index contributed by atoms with van der Waals surface area (Å²) in [5.74, 6) is -0.625. The largest absolute Gasteiger partial charge is 0.469 e. The molecule has 2 rings (SSSR count). The van der Waals surface area contributed by atoms with Gasteiger partial charge in [0.05, 0.1) is 25.7 Å². The zero-order valence-electron chi connectivity index (χ0n) is 20.6. The summed E-state index contributed by atoms with van der Waals surface area (Å²) < 4.78 is 23.1. The fourth-order valence-electron chi connectivity index (χ4n) is 3.91. The van der Waals surface area contributed by atoms with E-state index in [1.54, 1.807) is 4.90 Å². The Morgan fingerprint density at radius 3 is 2.17 bits per heavy atom. The van der Waals surface area contributed by atoms with Crippen LogP contribution in [0.4, 0.5) is 4.79 Å². The molecule has 2 aliphatic rings. The van der Waals surface area contributed by atoms with Gasteiger partial charge in [-0.15, -0.1) is 0 Å². The first-order chi connectivity index (χ1) is 13.4. The van der Waals surface area contributed by atoms with Gasteiger partial charge in [-0.1, -0.05) is 20.8 Å². The Bertz CT molecular complexity index is 664. The molecule has 1 heterocycles. The number of esters is 1. The van der Waals surface area contributed by atoms with Crippen LogP contribution in [0.15, 0.2) is 0 Å². The third-order valence-corrected chi connectivity index (χ3v) is 11.2. The summed E-state index contributed by atoms with van der Waals surface area (Å²) in [7, 11) is -0.552. The molecule has 1 amide bonds. The first-order valence-corrected chi connectivity index (χ1v) is 13.7. The van der Waals surface area contributed by atoms with Crippen molar-refractivity contribution in [3.8, 4) is 0 Å². The molecule has 8 heteroatoms. The van der Waals surface area contributed by atoms with E-state index >= 15 is 0 Å². The van der Waals surface area contributed by atoms with Crippen molar-refractivity contribution in [3.05, 3.63) is 0 Å². The molecule has 4 unspecified atom stereocenters. The summed E-state index contributed by atoms with van der Waals surface area (Å²) in [6, 6.07) is -0.257. The molecule has 0 aromatic carbocycles. The van der Waals surface area contributed by atoms with Gasteiger partial charge < -0.3 is 18.6 Å². The third kappa shape index (κ3) is 5.19. The van der Waals surface area contributed by atoms with Gasteiger partial charge in [0.2, 0.25) is 0 Å². The van der Waals surface area contributed by atoms with Crippen molar-refractivity contribution >= 4 is 20.4 Å². The Kier molecular flexibility index (Phi) is 6.78. The minimum absolute atomic E-state index is 0.000915. The van der Waals surface area contributed by atoms with Crippen LogP contribution in [-0.4, -0.2) is 63.0 Å². The predicted molar refractivity (Wildman–Crippen MR) is 118 cm³/mol. The van der Waals surface area contributed by atoms with Crippen LogP contribution in [-0.2, 0) is 23.4 Å². The first kappa shape index (κ1) is 25.1. The molecular formula is C22H41NO6Si. The second-order valence-corrected chi connectivity index (χ2v) is 16.3. The Morgan fingerprint density at radius 1 is 1.13 bits per heavy atom. The van der Waals surface area contributed by atoms with Gasteiger partial charge in [0.15, 0.2) is 8.32 Å². The minimum atomic E-state index is -1.96. The normalized spacial score (nSPS) is 29.0. The van der Waals surface area contributed by atoms with Gasteiger partial charge in [-0.3, -0.25) is 9.69 Å². The van der Waals surface area contributed by atoms with E-state index < -0.39 is 25.7 Å². The van der Waals surface area contributed by atoms with Gasteiger partial charge in [0.1, 0.15) is 11.3 Å². The molecule has 0 aromatic rings. The lowest BCUT2D eigenvalue weighted by atomic mass is 10.1. The second-order valence-electron chi connectivity index (χ2n) is 11.5. The highest BCUT2D eigenvalue weighted by Crippen LogP contribution is 2.54. The highest BCUT2D eigenvalue weighted by atomic mass is 28.4. The van der Waals surface area contributed by atoms with Gasteiger partial charge in [-0.25, -0.2) is 4.79 Å². The number of amides is 1. The predicted octanol–water partition coefficient (Wildman–Crippen LogP) is 4.42. The number of carbonyl (C=O) groups excluding carboxylic acids is 2. The summed E-state index contributed by atoms with van der Waals surface area (Å²) in [5, 5.41) is 0.0825. The van der Waals surface area contributed by atoms with Crippen LogP contribution in [0.2, 0.25) is 18.1 Å². The van der Waals surface area contributed by atoms with E-state index in [0.29, 0.717) is 13.2 Å². The average molecular weight is 444 g/mol. The highest BCUT2D eigenvalue weighted by Gasteiger charge is 2.64. The zero-order valence-corrected chi connectivity index (χ0v) is 21.6. The fraction of sp³-hybridized carbons (Fsp3) is 0.909. The lowest BCUT2D eigenvalue weighted by Crippen LogP contribution is -2.51. The molecule has 174 valence electrons. The van der Waals surface area contributed by atoms with Gasteiger partial charge >= 0.3 is 12.1 Å². The molecule has 0 bridgehead atoms. The van der Waals surface area contributed by atoms with E-state index in [4.69, 9.17) is 18.6 Å². The number of carbonyl (C=O) groups is 2. The topological polar surface area (TPSA) is 74.3 Å². The first-order valence-electron chi connectivity index (χ1n) is 10.8. The molecule has 7 nitrogen and oxygen atoms in total. The Hall–Kier alpha value is -1.12. The Balaban J connectivity index is 2.23. The number of hydrogen-bond donors (Lipinski definition) is 0. The van der Waals surface area contributed by atoms with Crippen LogP contribution >= 0.6 is 0 Å². The maximum absolute atomic E-state index is 13.0. The van der Waals surface area contributed by atoms with Crippen molar-refractivity contribution < 1.29 is 28.2 Å². The van der Waals surface area contributed by atoms with Crippen molar-refractivity contribution in [3.63, 3.8) is 0 Å². The minimum Gasteiger partial charge on any atom is -0.469 e. The van der Waals surface area contributed by atoms with Gasteiger partial charge in [0.25, 0.3) is 0 Å². The molecule has 1 aliphatic heterocycles. The molecule has 2 fully saturated rings. The van der Waals surface area contributed by atoms with Crippen LogP contribution in [0.25, 0.3) is 0 Å². The third-order valence-electron chi connectivity index (χ3n) is 6.70. The smallest absolute Gasteiger partial charge is 0.412 e. The van der Waals surface area contributed by atoms with E-state index in [9.17, 15) is 9.59 Å². The van der Waals surface area contributed by atoms with Crippen LogP contribution in [0.5, 0.6) is 0 Å². The Morgan fingerprint density at radius 2 is 1.70 bits per heavy atom. The van der Waals surface area contributed by atoms with Crippen LogP contribution in [0.3, 0.4) is 0 Å².